The minimum absolute atomic E-state index is 0.0309. The van der Waals surface area contributed by atoms with Gasteiger partial charge in [-0.3, -0.25) is 0 Å². The molecular formula is C17H20ClNO. The first-order valence-corrected chi connectivity index (χ1v) is 7.09. The van der Waals surface area contributed by atoms with Crippen LogP contribution >= 0.6 is 11.6 Å². The van der Waals surface area contributed by atoms with E-state index in [-0.39, 0.29) is 5.54 Å². The van der Waals surface area contributed by atoms with Gasteiger partial charge in [0.25, 0.3) is 0 Å². The molecule has 0 amide bonds. The summed E-state index contributed by atoms with van der Waals surface area (Å²) < 4.78 is 5.93. The van der Waals surface area contributed by atoms with Crippen molar-refractivity contribution >= 4 is 11.6 Å². The molecule has 2 aromatic carbocycles. The normalized spacial score (nSPS) is 11.4. The zero-order valence-corrected chi connectivity index (χ0v) is 12.9. The molecule has 1 N–H and O–H groups in total. The maximum Gasteiger partial charge on any atom is 0.133 e. The van der Waals surface area contributed by atoms with Gasteiger partial charge in [0.2, 0.25) is 0 Å². The maximum atomic E-state index is 6.30. The van der Waals surface area contributed by atoms with E-state index >= 15 is 0 Å². The van der Waals surface area contributed by atoms with E-state index in [1.807, 2.05) is 48.5 Å². The van der Waals surface area contributed by atoms with Gasteiger partial charge in [-0.25, -0.2) is 0 Å². The topological polar surface area (TPSA) is 21.3 Å². The smallest absolute Gasteiger partial charge is 0.133 e. The standard InChI is InChI=1S/C17H20ClNO/c1-17(2,3)19-12-14-15(18)10-7-11-16(14)20-13-8-5-4-6-9-13/h4-11,19H,12H2,1-3H3. The van der Waals surface area contributed by atoms with E-state index in [0.29, 0.717) is 6.54 Å². The lowest BCUT2D eigenvalue weighted by Gasteiger charge is -2.22. The van der Waals surface area contributed by atoms with E-state index in [1.54, 1.807) is 0 Å². The Labute approximate surface area is 125 Å². The largest absolute Gasteiger partial charge is 0.457 e. The van der Waals surface area contributed by atoms with Crippen molar-refractivity contribution in [3.63, 3.8) is 0 Å². The fraction of sp³-hybridized carbons (Fsp3) is 0.294. The van der Waals surface area contributed by atoms with Crippen molar-refractivity contribution in [1.82, 2.24) is 5.32 Å². The van der Waals surface area contributed by atoms with Crippen LogP contribution in [0.15, 0.2) is 48.5 Å². The molecule has 0 saturated heterocycles. The molecule has 0 radical (unpaired) electrons. The second kappa shape index (κ2) is 6.29. The molecule has 0 spiro atoms. The molecular weight excluding hydrogens is 270 g/mol. The van der Waals surface area contributed by atoms with Crippen LogP contribution in [0.1, 0.15) is 26.3 Å². The Kier molecular flexibility index (Phi) is 4.69. The second-order valence-electron chi connectivity index (χ2n) is 5.74. The van der Waals surface area contributed by atoms with Gasteiger partial charge in [-0.05, 0) is 45.0 Å². The summed E-state index contributed by atoms with van der Waals surface area (Å²) in [5, 5.41) is 4.16. The SMILES string of the molecule is CC(C)(C)NCc1c(Cl)cccc1Oc1ccccc1. The Bertz CT molecular complexity index is 561. The fourth-order valence-corrected chi connectivity index (χ4v) is 2.01. The third kappa shape index (κ3) is 4.26. The number of ether oxygens (including phenoxy) is 1. The highest BCUT2D eigenvalue weighted by atomic mass is 35.5. The molecule has 0 aliphatic rings. The first-order valence-electron chi connectivity index (χ1n) is 6.71. The van der Waals surface area contributed by atoms with Gasteiger partial charge in [0.1, 0.15) is 11.5 Å². The van der Waals surface area contributed by atoms with Crippen LogP contribution in [-0.4, -0.2) is 5.54 Å². The van der Waals surface area contributed by atoms with Crippen molar-refractivity contribution < 1.29 is 4.74 Å². The zero-order valence-electron chi connectivity index (χ0n) is 12.1. The molecule has 0 atom stereocenters. The molecule has 2 rings (SSSR count). The van der Waals surface area contributed by atoms with Crippen LogP contribution in [0, 0.1) is 0 Å². The Morgan fingerprint density at radius 1 is 1.00 bits per heavy atom. The Morgan fingerprint density at radius 2 is 1.70 bits per heavy atom. The summed E-state index contributed by atoms with van der Waals surface area (Å²) in [6.07, 6.45) is 0. The molecule has 2 nitrogen and oxygen atoms in total. The van der Waals surface area contributed by atoms with Gasteiger partial charge in [0.15, 0.2) is 0 Å². The average molecular weight is 290 g/mol. The van der Waals surface area contributed by atoms with Crippen molar-refractivity contribution in [3.8, 4) is 11.5 Å². The molecule has 0 aliphatic heterocycles. The summed E-state index contributed by atoms with van der Waals surface area (Å²) in [6.45, 7) is 7.05. The van der Waals surface area contributed by atoms with E-state index in [2.05, 4.69) is 26.1 Å². The molecule has 0 heterocycles. The van der Waals surface area contributed by atoms with Gasteiger partial charge in [0.05, 0.1) is 0 Å². The highest BCUT2D eigenvalue weighted by molar-refractivity contribution is 6.31. The molecule has 0 aromatic heterocycles. The van der Waals surface area contributed by atoms with Gasteiger partial charge in [-0.15, -0.1) is 0 Å². The predicted molar refractivity (Wildman–Crippen MR) is 84.6 cm³/mol. The predicted octanol–water partition coefficient (Wildman–Crippen LogP) is 5.02. The summed E-state index contributed by atoms with van der Waals surface area (Å²) >= 11 is 6.30. The molecule has 2 aromatic rings. The monoisotopic (exact) mass is 289 g/mol. The Hall–Kier alpha value is -1.51. The van der Waals surface area contributed by atoms with Gasteiger partial charge < -0.3 is 10.1 Å². The number of para-hydroxylation sites is 1. The lowest BCUT2D eigenvalue weighted by atomic mass is 10.1. The summed E-state index contributed by atoms with van der Waals surface area (Å²) in [6, 6.07) is 15.5. The summed E-state index contributed by atoms with van der Waals surface area (Å²) in [7, 11) is 0. The number of hydrogen-bond donors (Lipinski definition) is 1. The average Bonchev–Trinajstić information content (AvgIpc) is 2.38. The van der Waals surface area contributed by atoms with Crippen molar-refractivity contribution in [2.45, 2.75) is 32.9 Å². The zero-order chi connectivity index (χ0) is 14.6. The summed E-state index contributed by atoms with van der Waals surface area (Å²) in [5.74, 6) is 1.60. The highest BCUT2D eigenvalue weighted by Crippen LogP contribution is 2.30. The fourth-order valence-electron chi connectivity index (χ4n) is 1.78. The van der Waals surface area contributed by atoms with Crippen molar-refractivity contribution in [2.75, 3.05) is 0 Å². The molecule has 3 heteroatoms. The number of rotatable bonds is 4. The number of nitrogens with one attached hydrogen (secondary N) is 1. The van der Waals surface area contributed by atoms with E-state index in [9.17, 15) is 0 Å². The summed E-state index contributed by atoms with van der Waals surface area (Å²) in [5.41, 5.74) is 1.01. The van der Waals surface area contributed by atoms with Gasteiger partial charge in [-0.1, -0.05) is 35.9 Å². The Morgan fingerprint density at radius 3 is 2.35 bits per heavy atom. The molecule has 20 heavy (non-hydrogen) atoms. The minimum atomic E-state index is 0.0309. The maximum absolute atomic E-state index is 6.30. The van der Waals surface area contributed by atoms with Crippen LogP contribution in [0.4, 0.5) is 0 Å². The van der Waals surface area contributed by atoms with Crippen molar-refractivity contribution in [2.24, 2.45) is 0 Å². The number of halogens is 1. The van der Waals surface area contributed by atoms with Gasteiger partial charge >= 0.3 is 0 Å². The Balaban J connectivity index is 2.22. The van der Waals surface area contributed by atoms with Crippen LogP contribution in [-0.2, 0) is 6.54 Å². The van der Waals surface area contributed by atoms with Crippen LogP contribution in [0.2, 0.25) is 5.02 Å². The summed E-state index contributed by atoms with van der Waals surface area (Å²) in [4.78, 5) is 0. The molecule has 0 unspecified atom stereocenters. The lowest BCUT2D eigenvalue weighted by molar-refractivity contribution is 0.414. The van der Waals surface area contributed by atoms with E-state index < -0.39 is 0 Å². The quantitative estimate of drug-likeness (QED) is 0.853. The molecule has 0 bridgehead atoms. The third-order valence-electron chi connectivity index (χ3n) is 2.84. The molecule has 0 aliphatic carbocycles. The second-order valence-corrected chi connectivity index (χ2v) is 6.14. The van der Waals surface area contributed by atoms with Gasteiger partial charge in [0, 0.05) is 22.7 Å². The number of benzene rings is 2. The van der Waals surface area contributed by atoms with Crippen molar-refractivity contribution in [1.29, 1.82) is 0 Å². The van der Waals surface area contributed by atoms with Crippen LogP contribution in [0.5, 0.6) is 11.5 Å². The third-order valence-corrected chi connectivity index (χ3v) is 3.20. The van der Waals surface area contributed by atoms with Gasteiger partial charge in [-0.2, -0.15) is 0 Å². The van der Waals surface area contributed by atoms with E-state index in [1.165, 1.54) is 0 Å². The van der Waals surface area contributed by atoms with E-state index in [0.717, 1.165) is 22.1 Å². The van der Waals surface area contributed by atoms with E-state index in [4.69, 9.17) is 16.3 Å². The minimum Gasteiger partial charge on any atom is -0.457 e. The lowest BCUT2D eigenvalue weighted by Crippen LogP contribution is -2.35. The molecule has 0 saturated carbocycles. The first-order chi connectivity index (χ1) is 9.46. The first kappa shape index (κ1) is 14.9. The molecule has 106 valence electrons. The van der Waals surface area contributed by atoms with Crippen LogP contribution in [0.3, 0.4) is 0 Å². The van der Waals surface area contributed by atoms with Crippen LogP contribution < -0.4 is 10.1 Å². The number of hydrogen-bond acceptors (Lipinski definition) is 2. The van der Waals surface area contributed by atoms with Crippen LogP contribution in [0.25, 0.3) is 0 Å². The van der Waals surface area contributed by atoms with Crippen molar-refractivity contribution in [3.05, 3.63) is 59.1 Å². The highest BCUT2D eigenvalue weighted by Gasteiger charge is 2.13. The molecule has 0 fully saturated rings.